The van der Waals surface area contributed by atoms with Gasteiger partial charge in [0.15, 0.2) is 11.5 Å². The summed E-state index contributed by atoms with van der Waals surface area (Å²) < 4.78 is 10.9. The van der Waals surface area contributed by atoms with Gasteiger partial charge < -0.3 is 14.8 Å². The fourth-order valence-electron chi connectivity index (χ4n) is 2.04. The SMILES string of the molecule is Cc1nc(Cl)ccc1NC(=O)c1ccc2c(c1)OCCO2. The summed E-state index contributed by atoms with van der Waals surface area (Å²) in [5.41, 5.74) is 1.78. The number of halogens is 1. The zero-order chi connectivity index (χ0) is 14.8. The van der Waals surface area contributed by atoms with Gasteiger partial charge in [-0.1, -0.05) is 11.6 Å². The average Bonchev–Trinajstić information content (AvgIpc) is 2.49. The summed E-state index contributed by atoms with van der Waals surface area (Å²) >= 11 is 5.80. The van der Waals surface area contributed by atoms with Gasteiger partial charge in [-0.05, 0) is 37.3 Å². The van der Waals surface area contributed by atoms with Crippen molar-refractivity contribution in [3.8, 4) is 11.5 Å². The van der Waals surface area contributed by atoms with Crippen molar-refractivity contribution in [3.63, 3.8) is 0 Å². The summed E-state index contributed by atoms with van der Waals surface area (Å²) in [7, 11) is 0. The molecular formula is C15H13ClN2O3. The third-order valence-electron chi connectivity index (χ3n) is 3.10. The van der Waals surface area contributed by atoms with Crippen molar-refractivity contribution in [3.05, 3.63) is 46.7 Å². The third kappa shape index (κ3) is 2.92. The van der Waals surface area contributed by atoms with Crippen LogP contribution in [0, 0.1) is 6.92 Å². The zero-order valence-corrected chi connectivity index (χ0v) is 12.1. The largest absolute Gasteiger partial charge is 0.486 e. The lowest BCUT2D eigenvalue weighted by Crippen LogP contribution is -2.17. The topological polar surface area (TPSA) is 60.5 Å². The Morgan fingerprint density at radius 2 is 1.95 bits per heavy atom. The van der Waals surface area contributed by atoms with Crippen LogP contribution < -0.4 is 14.8 Å². The van der Waals surface area contributed by atoms with Crippen LogP contribution in [-0.4, -0.2) is 24.1 Å². The van der Waals surface area contributed by atoms with E-state index >= 15 is 0 Å². The fraction of sp³-hybridized carbons (Fsp3) is 0.200. The summed E-state index contributed by atoms with van der Waals surface area (Å²) in [5, 5.41) is 3.20. The highest BCUT2D eigenvalue weighted by molar-refractivity contribution is 6.29. The Bertz CT molecular complexity index is 703. The molecule has 21 heavy (non-hydrogen) atoms. The van der Waals surface area contributed by atoms with E-state index in [-0.39, 0.29) is 5.91 Å². The number of amides is 1. The van der Waals surface area contributed by atoms with Crippen LogP contribution in [-0.2, 0) is 0 Å². The van der Waals surface area contributed by atoms with Gasteiger partial charge >= 0.3 is 0 Å². The van der Waals surface area contributed by atoms with Crippen LogP contribution >= 0.6 is 11.6 Å². The molecule has 6 heteroatoms. The maximum atomic E-state index is 12.3. The number of carbonyl (C=O) groups excluding carboxylic acids is 1. The van der Waals surface area contributed by atoms with Crippen molar-refractivity contribution < 1.29 is 14.3 Å². The second kappa shape index (κ2) is 5.61. The number of carbonyl (C=O) groups is 1. The van der Waals surface area contributed by atoms with E-state index in [1.54, 1.807) is 37.3 Å². The highest BCUT2D eigenvalue weighted by Crippen LogP contribution is 2.31. The van der Waals surface area contributed by atoms with Gasteiger partial charge in [-0.15, -0.1) is 0 Å². The lowest BCUT2D eigenvalue weighted by atomic mass is 10.1. The molecule has 5 nitrogen and oxygen atoms in total. The van der Waals surface area contributed by atoms with Crippen molar-refractivity contribution >= 4 is 23.2 Å². The molecule has 0 atom stereocenters. The van der Waals surface area contributed by atoms with E-state index < -0.39 is 0 Å². The van der Waals surface area contributed by atoms with Crippen LogP contribution in [0.5, 0.6) is 11.5 Å². The molecule has 0 fully saturated rings. The number of nitrogens with one attached hydrogen (secondary N) is 1. The maximum Gasteiger partial charge on any atom is 0.255 e. The van der Waals surface area contributed by atoms with Crippen LogP contribution in [0.15, 0.2) is 30.3 Å². The summed E-state index contributed by atoms with van der Waals surface area (Å²) in [6.45, 7) is 2.79. The number of aromatic nitrogens is 1. The number of hydrogen-bond donors (Lipinski definition) is 1. The molecule has 0 unspecified atom stereocenters. The van der Waals surface area contributed by atoms with Crippen molar-refractivity contribution in [1.82, 2.24) is 4.98 Å². The van der Waals surface area contributed by atoms with Gasteiger partial charge in [0.2, 0.25) is 0 Å². The lowest BCUT2D eigenvalue weighted by molar-refractivity contribution is 0.102. The standard InChI is InChI=1S/C15H13ClN2O3/c1-9-11(3-5-14(16)17-9)18-15(19)10-2-4-12-13(8-10)21-7-6-20-12/h2-5,8H,6-7H2,1H3,(H,18,19). The van der Waals surface area contributed by atoms with E-state index in [1.807, 2.05) is 0 Å². The predicted octanol–water partition coefficient (Wildman–Crippen LogP) is 3.07. The molecule has 0 spiro atoms. The summed E-state index contributed by atoms with van der Waals surface area (Å²) in [6.07, 6.45) is 0. The van der Waals surface area contributed by atoms with Gasteiger partial charge in [0.25, 0.3) is 5.91 Å². The molecule has 1 amide bonds. The molecule has 3 rings (SSSR count). The molecule has 1 aromatic carbocycles. The van der Waals surface area contributed by atoms with Crippen molar-refractivity contribution in [2.75, 3.05) is 18.5 Å². The van der Waals surface area contributed by atoms with Crippen LogP contribution in [0.3, 0.4) is 0 Å². The second-order valence-electron chi connectivity index (χ2n) is 4.58. The zero-order valence-electron chi connectivity index (χ0n) is 11.4. The van der Waals surface area contributed by atoms with Crippen LogP contribution in [0.2, 0.25) is 5.15 Å². The monoisotopic (exact) mass is 304 g/mol. The minimum absolute atomic E-state index is 0.237. The molecular weight excluding hydrogens is 292 g/mol. The Morgan fingerprint density at radius 1 is 1.19 bits per heavy atom. The second-order valence-corrected chi connectivity index (χ2v) is 4.97. The Labute approximate surface area is 126 Å². The van der Waals surface area contributed by atoms with E-state index in [2.05, 4.69) is 10.3 Å². The smallest absolute Gasteiger partial charge is 0.255 e. The van der Waals surface area contributed by atoms with Gasteiger partial charge in [0.1, 0.15) is 18.4 Å². The van der Waals surface area contributed by atoms with E-state index in [9.17, 15) is 4.79 Å². The van der Waals surface area contributed by atoms with Crippen molar-refractivity contribution in [2.45, 2.75) is 6.92 Å². The van der Waals surface area contributed by atoms with Gasteiger partial charge in [-0.2, -0.15) is 0 Å². The number of nitrogens with zero attached hydrogens (tertiary/aromatic N) is 1. The summed E-state index contributed by atoms with van der Waals surface area (Å²) in [4.78, 5) is 16.4. The molecule has 0 bridgehead atoms. The number of ether oxygens (including phenoxy) is 2. The number of fused-ring (bicyclic) bond motifs is 1. The molecule has 1 N–H and O–H groups in total. The molecule has 108 valence electrons. The Hall–Kier alpha value is -2.27. The van der Waals surface area contributed by atoms with Gasteiger partial charge in [-0.25, -0.2) is 4.98 Å². The minimum atomic E-state index is -0.237. The Morgan fingerprint density at radius 3 is 2.71 bits per heavy atom. The van der Waals surface area contributed by atoms with Gasteiger partial charge in [0.05, 0.1) is 11.4 Å². The maximum absolute atomic E-state index is 12.3. The van der Waals surface area contributed by atoms with Gasteiger partial charge in [-0.3, -0.25) is 4.79 Å². The first-order valence-electron chi connectivity index (χ1n) is 6.47. The number of pyridine rings is 1. The number of anilines is 1. The molecule has 2 aromatic rings. The lowest BCUT2D eigenvalue weighted by Gasteiger charge is -2.18. The van der Waals surface area contributed by atoms with Crippen LogP contribution in [0.4, 0.5) is 5.69 Å². The van der Waals surface area contributed by atoms with Gasteiger partial charge in [0, 0.05) is 5.56 Å². The first-order chi connectivity index (χ1) is 10.1. The summed E-state index contributed by atoms with van der Waals surface area (Å²) in [6, 6.07) is 8.45. The minimum Gasteiger partial charge on any atom is -0.486 e. The molecule has 0 aliphatic carbocycles. The first-order valence-corrected chi connectivity index (χ1v) is 6.85. The van der Waals surface area contributed by atoms with Crippen LogP contribution in [0.25, 0.3) is 0 Å². The fourth-order valence-corrected chi connectivity index (χ4v) is 2.23. The number of aryl methyl sites for hydroxylation is 1. The van der Waals surface area contributed by atoms with E-state index in [4.69, 9.17) is 21.1 Å². The Kier molecular flexibility index (Phi) is 3.66. The quantitative estimate of drug-likeness (QED) is 0.866. The third-order valence-corrected chi connectivity index (χ3v) is 3.31. The first kappa shape index (κ1) is 13.7. The van der Waals surface area contributed by atoms with E-state index in [0.29, 0.717) is 46.8 Å². The normalized spacial score (nSPS) is 12.9. The molecule has 1 aliphatic heterocycles. The molecule has 1 aromatic heterocycles. The predicted molar refractivity (Wildman–Crippen MR) is 79.4 cm³/mol. The molecule has 0 radical (unpaired) electrons. The molecule has 0 saturated heterocycles. The molecule has 0 saturated carbocycles. The number of rotatable bonds is 2. The van der Waals surface area contributed by atoms with Crippen LogP contribution in [0.1, 0.15) is 16.1 Å². The highest BCUT2D eigenvalue weighted by Gasteiger charge is 2.15. The van der Waals surface area contributed by atoms with Crippen molar-refractivity contribution in [2.24, 2.45) is 0 Å². The van der Waals surface area contributed by atoms with E-state index in [1.165, 1.54) is 0 Å². The number of hydrogen-bond acceptors (Lipinski definition) is 4. The van der Waals surface area contributed by atoms with E-state index in [0.717, 1.165) is 0 Å². The summed E-state index contributed by atoms with van der Waals surface area (Å²) in [5.74, 6) is 1.00. The van der Waals surface area contributed by atoms with Crippen molar-refractivity contribution in [1.29, 1.82) is 0 Å². The molecule has 2 heterocycles. The highest BCUT2D eigenvalue weighted by atomic mass is 35.5. The molecule has 1 aliphatic rings. The average molecular weight is 305 g/mol. The number of benzene rings is 1. The Balaban J connectivity index is 1.82.